The normalized spacial score (nSPS) is 10.4. The molecule has 0 saturated heterocycles. The van der Waals surface area contributed by atoms with Crippen LogP contribution >= 0.6 is 11.3 Å². The van der Waals surface area contributed by atoms with Crippen LogP contribution in [0.2, 0.25) is 0 Å². The summed E-state index contributed by atoms with van der Waals surface area (Å²) in [6, 6.07) is 7.88. The van der Waals surface area contributed by atoms with Gasteiger partial charge in [-0.2, -0.15) is 0 Å². The summed E-state index contributed by atoms with van der Waals surface area (Å²) in [6.45, 7) is 2.14. The number of hydrogen-bond acceptors (Lipinski definition) is 5. The molecule has 3 N–H and O–H groups in total. The van der Waals surface area contributed by atoms with Crippen LogP contribution in [-0.2, 0) is 6.42 Å². The number of aryl methyl sites for hydroxylation is 1. The number of carbonyl (C=O) groups excluding carboxylic acids is 1. The average Bonchev–Trinajstić information content (AvgIpc) is 2.84. The van der Waals surface area contributed by atoms with Gasteiger partial charge in [-0.05, 0) is 24.1 Å². The van der Waals surface area contributed by atoms with Gasteiger partial charge < -0.3 is 16.0 Å². The summed E-state index contributed by atoms with van der Waals surface area (Å²) in [5, 5.41) is 3.57. The maximum atomic E-state index is 12.2. The predicted molar refractivity (Wildman–Crippen MR) is 89.2 cm³/mol. The van der Waals surface area contributed by atoms with Gasteiger partial charge in [-0.15, -0.1) is 0 Å². The number of nitrogens with zero attached hydrogens (tertiary/aromatic N) is 2. The Balaban J connectivity index is 2.10. The van der Waals surface area contributed by atoms with Crippen molar-refractivity contribution in [1.82, 2.24) is 4.98 Å². The highest BCUT2D eigenvalue weighted by atomic mass is 32.1. The Labute approximate surface area is 128 Å². The van der Waals surface area contributed by atoms with E-state index in [1.54, 1.807) is 0 Å². The third kappa shape index (κ3) is 3.72. The minimum atomic E-state index is -0.221. The summed E-state index contributed by atoms with van der Waals surface area (Å²) >= 11 is 1.28. The lowest BCUT2D eigenvalue weighted by atomic mass is 10.1. The lowest BCUT2D eigenvalue weighted by molar-refractivity contribution is 0.103. The molecule has 0 aliphatic rings. The molecule has 1 heterocycles. The Bertz CT molecular complexity index is 619. The van der Waals surface area contributed by atoms with Gasteiger partial charge >= 0.3 is 0 Å². The Morgan fingerprint density at radius 3 is 2.52 bits per heavy atom. The Morgan fingerprint density at radius 1 is 1.33 bits per heavy atom. The lowest BCUT2D eigenvalue weighted by Gasteiger charge is -2.06. The molecule has 0 spiro atoms. The summed E-state index contributed by atoms with van der Waals surface area (Å²) in [5.41, 5.74) is 7.84. The molecule has 5 nitrogen and oxygen atoms in total. The monoisotopic (exact) mass is 304 g/mol. The molecule has 1 amide bonds. The Kier molecular flexibility index (Phi) is 4.80. The first-order valence-corrected chi connectivity index (χ1v) is 7.66. The predicted octanol–water partition coefficient (Wildman–Crippen LogP) is 3.00. The number of carbonyl (C=O) groups is 1. The molecule has 0 aliphatic heterocycles. The van der Waals surface area contributed by atoms with Gasteiger partial charge in [-0.1, -0.05) is 36.8 Å². The van der Waals surface area contributed by atoms with Crippen molar-refractivity contribution in [3.05, 3.63) is 34.7 Å². The Morgan fingerprint density at radius 2 is 2.00 bits per heavy atom. The van der Waals surface area contributed by atoms with Crippen LogP contribution in [0, 0.1) is 0 Å². The minimum absolute atomic E-state index is 0.221. The summed E-state index contributed by atoms with van der Waals surface area (Å²) in [7, 11) is 3.73. The van der Waals surface area contributed by atoms with E-state index < -0.39 is 0 Å². The number of thiazole rings is 1. The number of nitrogen functional groups attached to an aromatic ring is 1. The fraction of sp³-hybridized carbons (Fsp3) is 0.333. The van der Waals surface area contributed by atoms with Crippen molar-refractivity contribution < 1.29 is 4.79 Å². The van der Waals surface area contributed by atoms with Crippen LogP contribution in [0.3, 0.4) is 0 Å². The molecule has 0 radical (unpaired) electrons. The summed E-state index contributed by atoms with van der Waals surface area (Å²) in [6.07, 6.45) is 2.15. The number of amides is 1. The van der Waals surface area contributed by atoms with E-state index >= 15 is 0 Å². The van der Waals surface area contributed by atoms with Gasteiger partial charge in [0, 0.05) is 19.8 Å². The van der Waals surface area contributed by atoms with Gasteiger partial charge in [0.05, 0.1) is 0 Å². The van der Waals surface area contributed by atoms with E-state index in [9.17, 15) is 4.79 Å². The van der Waals surface area contributed by atoms with Crippen molar-refractivity contribution in [2.75, 3.05) is 30.0 Å². The van der Waals surface area contributed by atoms with Gasteiger partial charge in [0.1, 0.15) is 10.7 Å². The number of benzene rings is 1. The van der Waals surface area contributed by atoms with Crippen molar-refractivity contribution in [3.63, 3.8) is 0 Å². The highest BCUT2D eigenvalue weighted by Gasteiger charge is 2.17. The van der Waals surface area contributed by atoms with E-state index in [4.69, 9.17) is 5.73 Å². The topological polar surface area (TPSA) is 71.2 Å². The molecule has 0 bridgehead atoms. The zero-order chi connectivity index (χ0) is 15.4. The first kappa shape index (κ1) is 15.3. The molecule has 1 aromatic carbocycles. The van der Waals surface area contributed by atoms with E-state index in [0.717, 1.165) is 23.7 Å². The third-order valence-electron chi connectivity index (χ3n) is 2.98. The quantitative estimate of drug-likeness (QED) is 0.891. The van der Waals surface area contributed by atoms with E-state index in [1.165, 1.54) is 16.9 Å². The van der Waals surface area contributed by atoms with Crippen molar-refractivity contribution in [3.8, 4) is 0 Å². The summed E-state index contributed by atoms with van der Waals surface area (Å²) in [5.74, 6) is 0.0464. The first-order valence-electron chi connectivity index (χ1n) is 6.85. The standard InChI is InChI=1S/C15H20N4OS/c1-4-5-10-6-8-11(9-7-10)17-14(20)12-13(16)18-15(21-12)19(2)3/h6-9H,4-5,16H2,1-3H3,(H,17,20). The smallest absolute Gasteiger partial charge is 0.269 e. The van der Waals surface area contributed by atoms with Crippen molar-refractivity contribution in [2.24, 2.45) is 0 Å². The van der Waals surface area contributed by atoms with Gasteiger partial charge in [0.2, 0.25) is 0 Å². The van der Waals surface area contributed by atoms with E-state index in [-0.39, 0.29) is 11.7 Å². The number of hydrogen-bond donors (Lipinski definition) is 2. The maximum Gasteiger partial charge on any atom is 0.269 e. The van der Waals surface area contributed by atoms with Crippen LogP contribution in [0.15, 0.2) is 24.3 Å². The van der Waals surface area contributed by atoms with Gasteiger partial charge in [-0.25, -0.2) is 4.98 Å². The van der Waals surface area contributed by atoms with Crippen LogP contribution in [-0.4, -0.2) is 25.0 Å². The second-order valence-electron chi connectivity index (χ2n) is 5.01. The SMILES string of the molecule is CCCc1ccc(NC(=O)c2sc(N(C)C)nc2N)cc1. The minimum Gasteiger partial charge on any atom is -0.382 e. The molecule has 21 heavy (non-hydrogen) atoms. The number of rotatable bonds is 5. The second-order valence-corrected chi connectivity index (χ2v) is 5.98. The van der Waals surface area contributed by atoms with Crippen LogP contribution in [0.4, 0.5) is 16.6 Å². The van der Waals surface area contributed by atoms with Crippen molar-refractivity contribution >= 4 is 33.9 Å². The third-order valence-corrected chi connectivity index (χ3v) is 4.22. The molecular weight excluding hydrogens is 284 g/mol. The summed E-state index contributed by atoms with van der Waals surface area (Å²) < 4.78 is 0. The molecule has 2 aromatic rings. The summed E-state index contributed by atoms with van der Waals surface area (Å²) in [4.78, 5) is 18.7. The number of aromatic nitrogens is 1. The first-order chi connectivity index (χ1) is 10.0. The lowest BCUT2D eigenvalue weighted by Crippen LogP contribution is -2.12. The zero-order valence-corrected chi connectivity index (χ0v) is 13.3. The molecule has 0 atom stereocenters. The molecule has 1 aromatic heterocycles. The highest BCUT2D eigenvalue weighted by Crippen LogP contribution is 2.27. The number of nitrogens with two attached hydrogens (primary N) is 1. The van der Waals surface area contributed by atoms with E-state index in [1.807, 2.05) is 43.3 Å². The van der Waals surface area contributed by atoms with Crippen LogP contribution < -0.4 is 16.0 Å². The average molecular weight is 304 g/mol. The number of nitrogens with one attached hydrogen (secondary N) is 1. The van der Waals surface area contributed by atoms with Crippen LogP contribution in [0.1, 0.15) is 28.6 Å². The second kappa shape index (κ2) is 6.58. The zero-order valence-electron chi connectivity index (χ0n) is 12.5. The van der Waals surface area contributed by atoms with Gasteiger partial charge in [-0.3, -0.25) is 4.79 Å². The molecule has 6 heteroatoms. The van der Waals surface area contributed by atoms with Crippen LogP contribution in [0.5, 0.6) is 0 Å². The molecule has 0 fully saturated rings. The molecular formula is C15H20N4OS. The van der Waals surface area contributed by atoms with E-state index in [2.05, 4.69) is 17.2 Å². The molecule has 2 rings (SSSR count). The Hall–Kier alpha value is -2.08. The maximum absolute atomic E-state index is 12.2. The molecule has 0 unspecified atom stereocenters. The van der Waals surface area contributed by atoms with Crippen molar-refractivity contribution in [1.29, 1.82) is 0 Å². The van der Waals surface area contributed by atoms with Gasteiger partial charge in [0.25, 0.3) is 5.91 Å². The fourth-order valence-electron chi connectivity index (χ4n) is 1.91. The molecule has 0 aliphatic carbocycles. The van der Waals surface area contributed by atoms with Crippen LogP contribution in [0.25, 0.3) is 0 Å². The largest absolute Gasteiger partial charge is 0.382 e. The molecule has 112 valence electrons. The highest BCUT2D eigenvalue weighted by molar-refractivity contribution is 7.18. The fourth-order valence-corrected chi connectivity index (χ4v) is 2.71. The van der Waals surface area contributed by atoms with E-state index in [0.29, 0.717) is 4.88 Å². The van der Waals surface area contributed by atoms with Gasteiger partial charge in [0.15, 0.2) is 5.13 Å². The number of anilines is 3. The van der Waals surface area contributed by atoms with Crippen molar-refractivity contribution in [2.45, 2.75) is 19.8 Å². The molecule has 0 saturated carbocycles.